The molecule has 1 aliphatic heterocycles. The van der Waals surface area contributed by atoms with E-state index in [1.807, 2.05) is 33.8 Å². The van der Waals surface area contributed by atoms with E-state index in [0.29, 0.717) is 31.4 Å². The van der Waals surface area contributed by atoms with Crippen molar-refractivity contribution >= 4 is 17.7 Å². The van der Waals surface area contributed by atoms with Crippen LogP contribution in [0.3, 0.4) is 0 Å². The number of likely N-dealkylation sites (tertiary alicyclic amines) is 1. The Balaban J connectivity index is 0.000000579. The highest BCUT2D eigenvalue weighted by atomic mass is 19.3. The van der Waals surface area contributed by atoms with Crippen LogP contribution >= 0.6 is 0 Å². The largest absolute Gasteiger partial charge is 0.474 e. The molecule has 3 N–H and O–H groups in total. The Labute approximate surface area is 312 Å². The van der Waals surface area contributed by atoms with Crippen molar-refractivity contribution in [3.63, 3.8) is 0 Å². The van der Waals surface area contributed by atoms with Gasteiger partial charge in [-0.1, -0.05) is 19.1 Å². The molecule has 1 aromatic heterocycles. The summed E-state index contributed by atoms with van der Waals surface area (Å²) in [6, 6.07) is 6.10. The van der Waals surface area contributed by atoms with E-state index in [2.05, 4.69) is 26.2 Å². The molecule has 1 aliphatic rings. The van der Waals surface area contributed by atoms with Crippen molar-refractivity contribution in [3.8, 4) is 24.1 Å². The molecule has 3 rings (SSSR count). The lowest BCUT2D eigenvalue weighted by Crippen LogP contribution is -2.50. The highest BCUT2D eigenvalue weighted by Gasteiger charge is 2.36. The lowest BCUT2D eigenvalue weighted by molar-refractivity contribution is -0.121. The molecule has 294 valence electrons. The van der Waals surface area contributed by atoms with E-state index < -0.39 is 41.6 Å². The first-order valence-corrected chi connectivity index (χ1v) is 17.7. The Hall–Kier alpha value is -4.38. The number of hydrogen-bond donors (Lipinski definition) is 2. The number of aryl methyl sites for hydroxylation is 1. The molecule has 1 aromatic carbocycles. The molecule has 14 heteroatoms. The van der Waals surface area contributed by atoms with Gasteiger partial charge in [-0.25, -0.2) is 18.0 Å². The highest BCUT2D eigenvalue weighted by Crippen LogP contribution is 2.31. The van der Waals surface area contributed by atoms with Gasteiger partial charge < -0.3 is 30.2 Å². The first kappa shape index (κ1) is 44.8. The van der Waals surface area contributed by atoms with Gasteiger partial charge in [-0.15, -0.1) is 12.3 Å². The van der Waals surface area contributed by atoms with E-state index in [4.69, 9.17) is 26.4 Å². The van der Waals surface area contributed by atoms with Gasteiger partial charge in [0.1, 0.15) is 29.4 Å². The van der Waals surface area contributed by atoms with Gasteiger partial charge in [0, 0.05) is 50.9 Å². The van der Waals surface area contributed by atoms with Crippen molar-refractivity contribution in [2.75, 3.05) is 27.2 Å². The summed E-state index contributed by atoms with van der Waals surface area (Å²) in [5.74, 6) is -0.568. The standard InChI is InChI=1S/C27H42F2N6O4.C12H15FO/c1-9-10-19-13-20(11-12-35(19)25(36)39-26(4,5)6)38-22-14-21(33-24(34-22)23(30)32-8)37-18(3)17(2)15-27(28,29)16-31-7;1-8-6-5-7-10(13)11(8)12(3,4)9(2)14/h1,14,17-20,31H,10-13,15-16H2,2-8H3,(H2,30,32);5-7H,1-4H3/t17-,18-,19+,20-;/m0./s1. The maximum atomic E-state index is 14.1. The van der Waals surface area contributed by atoms with Crippen LogP contribution in [-0.2, 0) is 14.9 Å². The number of amides is 1. The Kier molecular flexibility index (Phi) is 16.1. The number of amidine groups is 1. The second-order valence-corrected chi connectivity index (χ2v) is 15.0. The zero-order valence-corrected chi connectivity index (χ0v) is 33.0. The Morgan fingerprint density at radius 3 is 2.36 bits per heavy atom. The number of nitrogens with two attached hydrogens (primary N) is 1. The fourth-order valence-electron chi connectivity index (χ4n) is 5.80. The molecule has 1 saturated heterocycles. The van der Waals surface area contributed by atoms with Crippen LogP contribution in [0.4, 0.5) is 18.0 Å². The third kappa shape index (κ3) is 13.5. The average Bonchev–Trinajstić information content (AvgIpc) is 3.03. The first-order chi connectivity index (χ1) is 24.5. The van der Waals surface area contributed by atoms with Gasteiger partial charge in [-0.3, -0.25) is 9.79 Å². The fourth-order valence-corrected chi connectivity index (χ4v) is 5.80. The number of ketones is 1. The van der Waals surface area contributed by atoms with Crippen LogP contribution in [0.2, 0.25) is 0 Å². The van der Waals surface area contributed by atoms with Crippen molar-refractivity contribution in [1.29, 1.82) is 0 Å². The molecule has 53 heavy (non-hydrogen) atoms. The molecule has 0 radical (unpaired) electrons. The number of benzene rings is 1. The van der Waals surface area contributed by atoms with Gasteiger partial charge in [-0.05, 0) is 80.0 Å². The molecule has 0 saturated carbocycles. The average molecular weight is 747 g/mol. The van der Waals surface area contributed by atoms with E-state index in [1.165, 1.54) is 33.2 Å². The number of ether oxygens (including phenoxy) is 3. The third-order valence-corrected chi connectivity index (χ3v) is 8.98. The second kappa shape index (κ2) is 19.1. The molecule has 11 nitrogen and oxygen atoms in total. The Bertz CT molecular complexity index is 1600. The minimum Gasteiger partial charge on any atom is -0.474 e. The predicted octanol–water partition coefficient (Wildman–Crippen LogP) is 6.63. The normalized spacial score (nSPS) is 17.8. The number of nitrogens with zero attached hydrogens (tertiary/aromatic N) is 4. The second-order valence-electron chi connectivity index (χ2n) is 15.0. The molecule has 1 fully saturated rings. The third-order valence-electron chi connectivity index (χ3n) is 8.98. The summed E-state index contributed by atoms with van der Waals surface area (Å²) in [7, 11) is 2.98. The van der Waals surface area contributed by atoms with Crippen molar-refractivity contribution in [1.82, 2.24) is 20.2 Å². The number of hydrogen-bond acceptors (Lipinski definition) is 9. The minimum atomic E-state index is -2.88. The van der Waals surface area contributed by atoms with Crippen LogP contribution in [0.1, 0.15) is 98.0 Å². The van der Waals surface area contributed by atoms with Crippen molar-refractivity contribution in [2.24, 2.45) is 16.6 Å². The van der Waals surface area contributed by atoms with Crippen molar-refractivity contribution in [2.45, 2.75) is 123 Å². The Morgan fingerprint density at radius 1 is 1.17 bits per heavy atom. The van der Waals surface area contributed by atoms with Crippen LogP contribution < -0.4 is 20.5 Å². The van der Waals surface area contributed by atoms with Crippen molar-refractivity contribution in [3.05, 3.63) is 47.0 Å². The van der Waals surface area contributed by atoms with Crippen LogP contribution in [-0.4, -0.2) is 89.5 Å². The van der Waals surface area contributed by atoms with Gasteiger partial charge in [0.05, 0.1) is 18.0 Å². The molecule has 2 aromatic rings. The highest BCUT2D eigenvalue weighted by molar-refractivity contribution is 5.94. The maximum Gasteiger partial charge on any atom is 0.410 e. The number of carbonyl (C=O) groups excluding carboxylic acids is 2. The SMILES string of the molecule is C#CC[C@@H]1C[C@@H](Oc2cc(O[C@@H](C)[C@@H](C)CC(F)(F)CNC)nc(C(N)=NC)n2)CCN1C(=O)OC(C)(C)C.CC(=O)C(C)(C)c1c(C)cccc1F. The smallest absolute Gasteiger partial charge is 0.410 e. The van der Waals surface area contributed by atoms with Gasteiger partial charge in [0.15, 0.2) is 5.84 Å². The lowest BCUT2D eigenvalue weighted by atomic mass is 9.79. The molecular weight excluding hydrogens is 689 g/mol. The van der Waals surface area contributed by atoms with Crippen LogP contribution in [0.15, 0.2) is 29.3 Å². The zero-order chi connectivity index (χ0) is 40.3. The summed E-state index contributed by atoms with van der Waals surface area (Å²) >= 11 is 0. The number of halogens is 3. The summed E-state index contributed by atoms with van der Waals surface area (Å²) < 4.78 is 59.4. The topological polar surface area (TPSA) is 141 Å². The number of terminal acetylenes is 1. The van der Waals surface area contributed by atoms with Gasteiger partial charge in [-0.2, -0.15) is 9.97 Å². The predicted molar refractivity (Wildman–Crippen MR) is 200 cm³/mol. The molecule has 0 spiro atoms. The molecular formula is C39H57F3N6O5. The summed E-state index contributed by atoms with van der Waals surface area (Å²) in [4.78, 5) is 38.4. The number of carbonyl (C=O) groups is 2. The van der Waals surface area contributed by atoms with Crippen LogP contribution in [0.25, 0.3) is 0 Å². The monoisotopic (exact) mass is 746 g/mol. The quantitative estimate of drug-likeness (QED) is 0.131. The van der Waals surface area contributed by atoms with Gasteiger partial charge in [0.2, 0.25) is 17.6 Å². The van der Waals surface area contributed by atoms with Gasteiger partial charge in [0.25, 0.3) is 5.92 Å². The van der Waals surface area contributed by atoms with E-state index >= 15 is 0 Å². The number of alkyl halides is 2. The molecule has 0 aliphatic carbocycles. The first-order valence-electron chi connectivity index (χ1n) is 17.7. The van der Waals surface area contributed by atoms with Crippen LogP contribution in [0, 0.1) is 31.0 Å². The fraction of sp³-hybridized carbons (Fsp3) is 0.615. The molecule has 0 bridgehead atoms. The zero-order valence-electron chi connectivity index (χ0n) is 33.0. The number of Topliss-reactive ketones (excluding diaryl/α,β-unsaturated/α-hetero) is 1. The van der Waals surface area contributed by atoms with Crippen molar-refractivity contribution < 1.29 is 37.0 Å². The molecule has 0 unspecified atom stereocenters. The maximum absolute atomic E-state index is 14.1. The summed E-state index contributed by atoms with van der Waals surface area (Å²) in [5, 5.41) is 2.51. The number of nitrogens with one attached hydrogen (secondary N) is 1. The summed E-state index contributed by atoms with van der Waals surface area (Å²) in [6.45, 7) is 15.6. The number of rotatable bonds is 13. The van der Waals surface area contributed by atoms with Crippen LogP contribution in [0.5, 0.6) is 11.8 Å². The number of aliphatic imine (C=N–C) groups is 1. The molecule has 2 heterocycles. The summed E-state index contributed by atoms with van der Waals surface area (Å²) in [5.41, 5.74) is 5.93. The van der Waals surface area contributed by atoms with E-state index in [1.54, 1.807) is 38.7 Å². The Morgan fingerprint density at radius 2 is 1.81 bits per heavy atom. The van der Waals surface area contributed by atoms with E-state index in [0.717, 1.165) is 5.56 Å². The van der Waals surface area contributed by atoms with E-state index in [-0.39, 0.29) is 53.6 Å². The minimum absolute atomic E-state index is 0.0225. The van der Waals surface area contributed by atoms with E-state index in [9.17, 15) is 22.8 Å². The lowest BCUT2D eigenvalue weighted by Gasteiger charge is -2.39. The molecule has 4 atom stereocenters. The van der Waals surface area contributed by atoms with Gasteiger partial charge >= 0.3 is 6.09 Å². The molecule has 1 amide bonds. The number of aromatic nitrogens is 2. The number of piperidine rings is 1. The summed E-state index contributed by atoms with van der Waals surface area (Å²) in [6.07, 6.45) is 5.22.